The van der Waals surface area contributed by atoms with Crippen LogP contribution in [0.5, 0.6) is 0 Å². The van der Waals surface area contributed by atoms with Gasteiger partial charge in [-0.3, -0.25) is 4.79 Å². The lowest BCUT2D eigenvalue weighted by molar-refractivity contribution is -0.118. The molecule has 0 bridgehead atoms. The number of carbonyl (C=O) groups is 1. The van der Waals surface area contributed by atoms with Crippen LogP contribution in [0.4, 0.5) is 8.78 Å². The first-order chi connectivity index (χ1) is 8.60. The van der Waals surface area contributed by atoms with Crippen LogP contribution in [0.15, 0.2) is 22.7 Å². The van der Waals surface area contributed by atoms with Crippen molar-refractivity contribution in [2.45, 2.75) is 19.8 Å². The van der Waals surface area contributed by atoms with Crippen molar-refractivity contribution in [3.8, 4) is 11.4 Å². The van der Waals surface area contributed by atoms with Crippen LogP contribution < -0.4 is 0 Å². The fraction of sp³-hybridized carbons (Fsp3) is 0.250. The fourth-order valence-electron chi connectivity index (χ4n) is 1.40. The Bertz CT molecular complexity index is 581. The minimum atomic E-state index is -0.648. The normalized spacial score (nSPS) is 10.6. The summed E-state index contributed by atoms with van der Waals surface area (Å²) in [6.07, 6.45) is 0.354. The maximum Gasteiger partial charge on any atom is 0.234 e. The van der Waals surface area contributed by atoms with E-state index < -0.39 is 11.6 Å². The first-order valence-electron chi connectivity index (χ1n) is 5.40. The van der Waals surface area contributed by atoms with Crippen molar-refractivity contribution in [3.63, 3.8) is 0 Å². The predicted molar refractivity (Wildman–Crippen MR) is 58.7 cm³/mol. The lowest BCUT2D eigenvalue weighted by atomic mass is 10.2. The van der Waals surface area contributed by atoms with E-state index in [1.165, 1.54) is 0 Å². The molecule has 0 aliphatic carbocycles. The molecule has 0 saturated heterocycles. The van der Waals surface area contributed by atoms with Gasteiger partial charge in [0.05, 0.1) is 12.0 Å². The molecule has 6 heteroatoms. The van der Waals surface area contributed by atoms with Gasteiger partial charge in [-0.25, -0.2) is 8.78 Å². The molecular weight excluding hydrogens is 242 g/mol. The smallest absolute Gasteiger partial charge is 0.234 e. The van der Waals surface area contributed by atoms with E-state index in [0.717, 1.165) is 18.2 Å². The Morgan fingerprint density at radius 3 is 2.89 bits per heavy atom. The third-order valence-electron chi connectivity index (χ3n) is 2.38. The summed E-state index contributed by atoms with van der Waals surface area (Å²) in [4.78, 5) is 15.1. The minimum absolute atomic E-state index is 0.000431. The number of ketones is 1. The summed E-state index contributed by atoms with van der Waals surface area (Å²) in [7, 11) is 0. The molecule has 0 N–H and O–H groups in total. The van der Waals surface area contributed by atoms with Crippen molar-refractivity contribution in [1.29, 1.82) is 0 Å². The van der Waals surface area contributed by atoms with E-state index in [1.54, 1.807) is 6.92 Å². The summed E-state index contributed by atoms with van der Waals surface area (Å²) in [6.45, 7) is 1.71. The van der Waals surface area contributed by atoms with Gasteiger partial charge in [0, 0.05) is 6.42 Å². The Kier molecular flexibility index (Phi) is 3.45. The Balaban J connectivity index is 2.29. The van der Waals surface area contributed by atoms with Crippen LogP contribution in [0.25, 0.3) is 11.4 Å². The lowest BCUT2D eigenvalue weighted by Gasteiger charge is -1.96. The van der Waals surface area contributed by atoms with Gasteiger partial charge in [-0.1, -0.05) is 12.1 Å². The SMILES string of the molecule is CCC(=O)Cc1nc(-c2cc(F)ccc2F)no1. The number of rotatable bonds is 4. The van der Waals surface area contributed by atoms with Crippen LogP contribution in [-0.2, 0) is 11.2 Å². The van der Waals surface area contributed by atoms with Gasteiger partial charge in [0.15, 0.2) is 0 Å². The average molecular weight is 252 g/mol. The average Bonchev–Trinajstić information content (AvgIpc) is 2.80. The zero-order valence-electron chi connectivity index (χ0n) is 9.61. The number of aromatic nitrogens is 2. The van der Waals surface area contributed by atoms with Gasteiger partial charge in [-0.2, -0.15) is 4.98 Å². The predicted octanol–water partition coefficient (Wildman–Crippen LogP) is 2.54. The molecular formula is C12H10F2N2O2. The number of benzene rings is 1. The van der Waals surface area contributed by atoms with Crippen molar-refractivity contribution in [2.24, 2.45) is 0 Å². The first kappa shape index (κ1) is 12.3. The maximum absolute atomic E-state index is 13.4. The number of nitrogens with zero attached hydrogens (tertiary/aromatic N) is 2. The standard InChI is InChI=1S/C12H10F2N2O2/c1-2-8(17)6-11-15-12(16-18-11)9-5-7(13)3-4-10(9)14/h3-5H,2,6H2,1H3. The molecule has 4 nitrogen and oxygen atoms in total. The van der Waals surface area contributed by atoms with Gasteiger partial charge in [0.2, 0.25) is 11.7 Å². The van der Waals surface area contributed by atoms with Crippen molar-refractivity contribution in [2.75, 3.05) is 0 Å². The number of carbonyl (C=O) groups excluding carboxylic acids is 1. The second-order valence-electron chi connectivity index (χ2n) is 3.70. The molecule has 0 saturated carbocycles. The summed E-state index contributed by atoms with van der Waals surface area (Å²) >= 11 is 0. The zero-order chi connectivity index (χ0) is 13.1. The van der Waals surface area contributed by atoms with Gasteiger partial charge in [-0.05, 0) is 18.2 Å². The van der Waals surface area contributed by atoms with Crippen molar-refractivity contribution < 1.29 is 18.1 Å². The van der Waals surface area contributed by atoms with Gasteiger partial charge < -0.3 is 4.52 Å². The second kappa shape index (κ2) is 5.03. The van der Waals surface area contributed by atoms with Crippen LogP contribution >= 0.6 is 0 Å². The topological polar surface area (TPSA) is 56.0 Å². The van der Waals surface area contributed by atoms with Crippen molar-refractivity contribution in [3.05, 3.63) is 35.7 Å². The second-order valence-corrected chi connectivity index (χ2v) is 3.70. The summed E-state index contributed by atoms with van der Waals surface area (Å²) in [6, 6.07) is 2.96. The van der Waals surface area contributed by atoms with Crippen LogP contribution in [0, 0.1) is 11.6 Å². The molecule has 94 valence electrons. The highest BCUT2D eigenvalue weighted by Crippen LogP contribution is 2.21. The summed E-state index contributed by atoms with van der Waals surface area (Å²) < 4.78 is 31.3. The molecule has 18 heavy (non-hydrogen) atoms. The summed E-state index contributed by atoms with van der Waals surface area (Å²) in [5, 5.41) is 3.53. The highest BCUT2D eigenvalue weighted by Gasteiger charge is 2.15. The van der Waals surface area contributed by atoms with E-state index in [0.29, 0.717) is 6.42 Å². The molecule has 0 amide bonds. The Morgan fingerprint density at radius 2 is 2.17 bits per heavy atom. The first-order valence-corrected chi connectivity index (χ1v) is 5.40. The largest absolute Gasteiger partial charge is 0.338 e. The third-order valence-corrected chi connectivity index (χ3v) is 2.38. The molecule has 0 unspecified atom stereocenters. The number of halogens is 2. The molecule has 1 aromatic carbocycles. The van der Waals surface area contributed by atoms with Crippen LogP contribution in [0.1, 0.15) is 19.2 Å². The number of hydrogen-bond acceptors (Lipinski definition) is 4. The van der Waals surface area contributed by atoms with Crippen LogP contribution in [0.2, 0.25) is 0 Å². The van der Waals surface area contributed by atoms with Gasteiger partial charge in [0.25, 0.3) is 0 Å². The number of hydrogen-bond donors (Lipinski definition) is 0. The monoisotopic (exact) mass is 252 g/mol. The van der Waals surface area contributed by atoms with Gasteiger partial charge >= 0.3 is 0 Å². The van der Waals surface area contributed by atoms with E-state index >= 15 is 0 Å². The quantitative estimate of drug-likeness (QED) is 0.839. The van der Waals surface area contributed by atoms with Crippen molar-refractivity contribution >= 4 is 5.78 Å². The number of Topliss-reactive ketones (excluding diaryl/α,β-unsaturated/α-hetero) is 1. The van der Waals surface area contributed by atoms with E-state index in [2.05, 4.69) is 10.1 Å². The van der Waals surface area contributed by atoms with Crippen molar-refractivity contribution in [1.82, 2.24) is 10.1 Å². The van der Waals surface area contributed by atoms with Crippen LogP contribution in [0.3, 0.4) is 0 Å². The van der Waals surface area contributed by atoms with Gasteiger partial charge in [0.1, 0.15) is 17.4 Å². The third kappa shape index (κ3) is 2.58. The van der Waals surface area contributed by atoms with E-state index in [-0.39, 0.29) is 29.5 Å². The summed E-state index contributed by atoms with van der Waals surface area (Å²) in [5.41, 5.74) is -0.0889. The molecule has 0 atom stereocenters. The maximum atomic E-state index is 13.4. The van der Waals surface area contributed by atoms with E-state index in [1.807, 2.05) is 0 Å². The highest BCUT2D eigenvalue weighted by molar-refractivity contribution is 5.79. The van der Waals surface area contributed by atoms with Crippen LogP contribution in [-0.4, -0.2) is 15.9 Å². The molecule has 2 aromatic rings. The molecule has 0 radical (unpaired) electrons. The molecule has 0 spiro atoms. The summed E-state index contributed by atoms with van der Waals surface area (Å²) in [5.74, 6) is -1.27. The molecule has 1 heterocycles. The Labute approximate surface area is 102 Å². The Hall–Kier alpha value is -2.11. The molecule has 0 aliphatic rings. The minimum Gasteiger partial charge on any atom is -0.338 e. The lowest BCUT2D eigenvalue weighted by Crippen LogP contribution is -2.00. The molecule has 2 rings (SSSR count). The van der Waals surface area contributed by atoms with E-state index in [4.69, 9.17) is 4.52 Å². The molecule has 0 aliphatic heterocycles. The van der Waals surface area contributed by atoms with E-state index in [9.17, 15) is 13.6 Å². The molecule has 1 aromatic heterocycles. The fourth-order valence-corrected chi connectivity index (χ4v) is 1.40. The Morgan fingerprint density at radius 1 is 1.39 bits per heavy atom. The molecule has 0 fully saturated rings. The highest BCUT2D eigenvalue weighted by atomic mass is 19.1. The zero-order valence-corrected chi connectivity index (χ0v) is 9.61. The van der Waals surface area contributed by atoms with Gasteiger partial charge in [-0.15, -0.1) is 0 Å².